The van der Waals surface area contributed by atoms with Crippen molar-refractivity contribution in [3.63, 3.8) is 0 Å². The molecule has 2 aromatic rings. The summed E-state index contributed by atoms with van der Waals surface area (Å²) in [6.45, 7) is 2.25. The minimum absolute atomic E-state index is 0.283. The molecule has 4 nitrogen and oxygen atoms in total. The maximum absolute atomic E-state index is 12.9. The highest BCUT2D eigenvalue weighted by molar-refractivity contribution is 6.32. The molecule has 116 valence electrons. The van der Waals surface area contributed by atoms with Gasteiger partial charge in [-0.3, -0.25) is 4.79 Å². The van der Waals surface area contributed by atoms with Crippen LogP contribution in [0.2, 0.25) is 5.02 Å². The number of hydrogen-bond acceptors (Lipinski definition) is 3. The maximum atomic E-state index is 12.9. The molecule has 0 aliphatic rings. The maximum Gasteiger partial charge on any atom is 0.255 e. The summed E-state index contributed by atoms with van der Waals surface area (Å²) in [5.41, 5.74) is 0.796. The number of benzene rings is 2. The van der Waals surface area contributed by atoms with E-state index in [1.54, 1.807) is 0 Å². The average Bonchev–Trinajstić information content (AvgIpc) is 2.51. The third-order valence-electron chi connectivity index (χ3n) is 2.88. The van der Waals surface area contributed by atoms with Gasteiger partial charge < -0.3 is 14.8 Å². The summed E-state index contributed by atoms with van der Waals surface area (Å²) in [5.74, 6) is 0.0160. The van der Waals surface area contributed by atoms with Crippen LogP contribution in [0.5, 0.6) is 11.5 Å². The fraction of sp³-hybridized carbons (Fsp3) is 0.188. The van der Waals surface area contributed by atoms with Crippen molar-refractivity contribution in [2.24, 2.45) is 0 Å². The number of amides is 1. The van der Waals surface area contributed by atoms with Crippen LogP contribution in [-0.4, -0.2) is 19.6 Å². The van der Waals surface area contributed by atoms with E-state index in [9.17, 15) is 9.18 Å². The second-order valence-corrected chi connectivity index (χ2v) is 4.79. The van der Waals surface area contributed by atoms with E-state index in [4.69, 9.17) is 21.1 Å². The quantitative estimate of drug-likeness (QED) is 0.899. The predicted molar refractivity (Wildman–Crippen MR) is 83.5 cm³/mol. The first-order valence-corrected chi connectivity index (χ1v) is 7.00. The normalized spacial score (nSPS) is 10.2. The first-order chi connectivity index (χ1) is 10.5. The molecular weight excluding hydrogens is 309 g/mol. The van der Waals surface area contributed by atoms with Gasteiger partial charge in [0, 0.05) is 11.3 Å². The summed E-state index contributed by atoms with van der Waals surface area (Å²) < 4.78 is 23.4. The Labute approximate surface area is 132 Å². The lowest BCUT2D eigenvalue weighted by molar-refractivity contribution is 0.102. The number of halogens is 2. The molecule has 22 heavy (non-hydrogen) atoms. The van der Waals surface area contributed by atoms with E-state index < -0.39 is 0 Å². The van der Waals surface area contributed by atoms with E-state index in [0.717, 1.165) is 0 Å². The Morgan fingerprint density at radius 1 is 1.27 bits per heavy atom. The molecule has 6 heteroatoms. The third-order valence-corrected chi connectivity index (χ3v) is 3.16. The van der Waals surface area contributed by atoms with Crippen LogP contribution in [0.1, 0.15) is 17.3 Å². The Morgan fingerprint density at radius 2 is 1.95 bits per heavy atom. The van der Waals surface area contributed by atoms with E-state index in [-0.39, 0.29) is 16.7 Å². The topological polar surface area (TPSA) is 47.6 Å². The van der Waals surface area contributed by atoms with Crippen LogP contribution in [0, 0.1) is 5.82 Å². The highest BCUT2D eigenvalue weighted by atomic mass is 35.5. The lowest BCUT2D eigenvalue weighted by atomic mass is 10.1. The lowest BCUT2D eigenvalue weighted by Crippen LogP contribution is -2.12. The highest BCUT2D eigenvalue weighted by Crippen LogP contribution is 2.36. The zero-order chi connectivity index (χ0) is 16.1. The molecular formula is C16H15ClFNO3. The van der Waals surface area contributed by atoms with Gasteiger partial charge in [0.15, 0.2) is 11.5 Å². The molecule has 0 radical (unpaired) electrons. The zero-order valence-electron chi connectivity index (χ0n) is 12.2. The second-order valence-electron chi connectivity index (χ2n) is 4.38. The van der Waals surface area contributed by atoms with Crippen LogP contribution in [-0.2, 0) is 0 Å². The Bertz CT molecular complexity index is 674. The van der Waals surface area contributed by atoms with Crippen molar-refractivity contribution < 1.29 is 18.7 Å². The van der Waals surface area contributed by atoms with Gasteiger partial charge in [0.1, 0.15) is 5.82 Å². The summed E-state index contributed by atoms with van der Waals surface area (Å²) in [6.07, 6.45) is 0. The van der Waals surface area contributed by atoms with Crippen molar-refractivity contribution in [1.29, 1.82) is 0 Å². The molecule has 0 aromatic heterocycles. The van der Waals surface area contributed by atoms with Gasteiger partial charge in [0.2, 0.25) is 0 Å². The summed E-state index contributed by atoms with van der Waals surface area (Å²) in [7, 11) is 1.47. The summed E-state index contributed by atoms with van der Waals surface area (Å²) in [4.78, 5) is 12.2. The number of carbonyl (C=O) groups excluding carboxylic acids is 1. The molecule has 0 spiro atoms. The van der Waals surface area contributed by atoms with Gasteiger partial charge in [-0.05, 0) is 43.3 Å². The van der Waals surface area contributed by atoms with E-state index in [0.29, 0.717) is 29.4 Å². The molecule has 2 rings (SSSR count). The number of rotatable bonds is 5. The molecule has 1 N–H and O–H groups in total. The van der Waals surface area contributed by atoms with E-state index in [1.165, 1.54) is 43.5 Å². The molecule has 0 fully saturated rings. The van der Waals surface area contributed by atoms with Crippen LogP contribution >= 0.6 is 11.6 Å². The predicted octanol–water partition coefficient (Wildman–Crippen LogP) is 4.14. The first-order valence-electron chi connectivity index (χ1n) is 6.62. The monoisotopic (exact) mass is 323 g/mol. The number of nitrogens with one attached hydrogen (secondary N) is 1. The Balaban J connectivity index is 2.26. The summed E-state index contributed by atoms with van der Waals surface area (Å²) in [5, 5.41) is 2.94. The SMILES string of the molecule is CCOc1c(Cl)cc(C(=O)Nc2ccc(F)cc2)cc1OC. The fourth-order valence-corrected chi connectivity index (χ4v) is 2.14. The van der Waals surface area contributed by atoms with Crippen molar-refractivity contribution in [2.45, 2.75) is 6.92 Å². The molecule has 0 aliphatic heterocycles. The Hall–Kier alpha value is -2.27. The van der Waals surface area contributed by atoms with Gasteiger partial charge >= 0.3 is 0 Å². The van der Waals surface area contributed by atoms with Crippen molar-refractivity contribution >= 4 is 23.2 Å². The minimum atomic E-state index is -0.380. The smallest absolute Gasteiger partial charge is 0.255 e. The summed E-state index contributed by atoms with van der Waals surface area (Å²) >= 11 is 6.13. The molecule has 0 unspecified atom stereocenters. The molecule has 1 amide bonds. The number of hydrogen-bond donors (Lipinski definition) is 1. The molecule has 0 bridgehead atoms. The molecule has 0 saturated carbocycles. The third kappa shape index (κ3) is 3.68. The van der Waals surface area contributed by atoms with Crippen molar-refractivity contribution in [1.82, 2.24) is 0 Å². The van der Waals surface area contributed by atoms with E-state index in [1.807, 2.05) is 6.92 Å². The second kappa shape index (κ2) is 7.13. The molecule has 0 heterocycles. The summed E-state index contributed by atoms with van der Waals surface area (Å²) in [6, 6.07) is 8.51. The standard InChI is InChI=1S/C16H15ClFNO3/c1-3-22-15-13(17)8-10(9-14(15)21-2)16(20)19-12-6-4-11(18)5-7-12/h4-9H,3H2,1-2H3,(H,19,20). The highest BCUT2D eigenvalue weighted by Gasteiger charge is 2.15. The van der Waals surface area contributed by atoms with E-state index in [2.05, 4.69) is 5.32 Å². The largest absolute Gasteiger partial charge is 0.493 e. The van der Waals surface area contributed by atoms with Gasteiger partial charge in [-0.1, -0.05) is 11.6 Å². The Kier molecular flexibility index (Phi) is 5.22. The molecule has 0 saturated heterocycles. The lowest BCUT2D eigenvalue weighted by Gasteiger charge is -2.13. The van der Waals surface area contributed by atoms with Crippen molar-refractivity contribution in [3.05, 3.63) is 52.8 Å². The number of anilines is 1. The first kappa shape index (κ1) is 16.1. The molecule has 0 atom stereocenters. The minimum Gasteiger partial charge on any atom is -0.493 e. The average molecular weight is 324 g/mol. The van der Waals surface area contributed by atoms with Crippen LogP contribution < -0.4 is 14.8 Å². The number of ether oxygens (including phenoxy) is 2. The van der Waals surface area contributed by atoms with Crippen molar-refractivity contribution in [3.8, 4) is 11.5 Å². The van der Waals surface area contributed by atoms with Crippen LogP contribution in [0.3, 0.4) is 0 Å². The van der Waals surface area contributed by atoms with Crippen molar-refractivity contribution in [2.75, 3.05) is 19.0 Å². The van der Waals surface area contributed by atoms with Gasteiger partial charge in [-0.2, -0.15) is 0 Å². The van der Waals surface area contributed by atoms with E-state index >= 15 is 0 Å². The molecule has 0 aliphatic carbocycles. The van der Waals surface area contributed by atoms with Gasteiger partial charge in [-0.25, -0.2) is 4.39 Å². The van der Waals surface area contributed by atoms with Gasteiger partial charge in [0.05, 0.1) is 18.7 Å². The zero-order valence-corrected chi connectivity index (χ0v) is 12.9. The van der Waals surface area contributed by atoms with Crippen LogP contribution in [0.15, 0.2) is 36.4 Å². The van der Waals surface area contributed by atoms with Crippen LogP contribution in [0.25, 0.3) is 0 Å². The number of methoxy groups -OCH3 is 1. The fourth-order valence-electron chi connectivity index (χ4n) is 1.87. The van der Waals surface area contributed by atoms with Crippen LogP contribution in [0.4, 0.5) is 10.1 Å². The molecule has 2 aromatic carbocycles. The van der Waals surface area contributed by atoms with Gasteiger partial charge in [0.25, 0.3) is 5.91 Å². The van der Waals surface area contributed by atoms with Gasteiger partial charge in [-0.15, -0.1) is 0 Å². The number of carbonyl (C=O) groups is 1. The Morgan fingerprint density at radius 3 is 2.55 bits per heavy atom.